The number of ketones is 1. The molecule has 0 unspecified atom stereocenters. The summed E-state index contributed by atoms with van der Waals surface area (Å²) in [5, 5.41) is 9.37. The molecule has 4 nitrogen and oxygen atoms in total. The van der Waals surface area contributed by atoms with Gasteiger partial charge in [-0.05, 0) is 25.0 Å². The van der Waals surface area contributed by atoms with Crippen molar-refractivity contribution in [2.45, 2.75) is 18.9 Å². The van der Waals surface area contributed by atoms with Crippen LogP contribution in [0, 0.1) is 0 Å². The van der Waals surface area contributed by atoms with E-state index in [2.05, 4.69) is 4.90 Å². The van der Waals surface area contributed by atoms with Gasteiger partial charge in [-0.15, -0.1) is 0 Å². The predicted octanol–water partition coefficient (Wildman–Crippen LogP) is 0.664. The van der Waals surface area contributed by atoms with Gasteiger partial charge in [0.1, 0.15) is 0 Å². The predicted molar refractivity (Wildman–Crippen MR) is 61.4 cm³/mol. The van der Waals surface area contributed by atoms with E-state index in [0.717, 1.165) is 31.6 Å². The number of nitrogens with zero attached hydrogens (tertiary/aromatic N) is 2. The number of aliphatic hydroxyl groups is 1. The van der Waals surface area contributed by atoms with Crippen molar-refractivity contribution in [3.8, 4) is 0 Å². The van der Waals surface area contributed by atoms with Crippen LogP contribution in [0.2, 0.25) is 0 Å². The highest BCUT2D eigenvalue weighted by Crippen LogP contribution is 2.11. The molecule has 1 fully saturated rings. The molecule has 1 aliphatic rings. The van der Waals surface area contributed by atoms with Crippen LogP contribution in [-0.4, -0.2) is 46.1 Å². The third-order valence-electron chi connectivity index (χ3n) is 3.15. The van der Waals surface area contributed by atoms with Crippen molar-refractivity contribution >= 4 is 5.78 Å². The molecular formula is C12H18N2O2. The second-order valence-electron chi connectivity index (χ2n) is 4.43. The Morgan fingerprint density at radius 1 is 1.50 bits per heavy atom. The molecule has 1 N–H and O–H groups in total. The zero-order valence-corrected chi connectivity index (χ0v) is 9.59. The van der Waals surface area contributed by atoms with Gasteiger partial charge >= 0.3 is 0 Å². The first kappa shape index (κ1) is 11.4. The van der Waals surface area contributed by atoms with E-state index in [1.54, 1.807) is 0 Å². The monoisotopic (exact) mass is 222 g/mol. The number of piperidine rings is 1. The first-order valence-corrected chi connectivity index (χ1v) is 5.72. The smallest absolute Gasteiger partial charge is 0.193 e. The van der Waals surface area contributed by atoms with Gasteiger partial charge in [0.05, 0.1) is 18.3 Å². The molecule has 88 valence electrons. The van der Waals surface area contributed by atoms with Gasteiger partial charge in [-0.1, -0.05) is 0 Å². The summed E-state index contributed by atoms with van der Waals surface area (Å²) < 4.78 is 1.85. The molecule has 0 atom stereocenters. The number of likely N-dealkylation sites (tertiary alicyclic amines) is 1. The van der Waals surface area contributed by atoms with Crippen LogP contribution in [0.3, 0.4) is 0 Å². The van der Waals surface area contributed by atoms with Gasteiger partial charge in [0.2, 0.25) is 0 Å². The lowest BCUT2D eigenvalue weighted by Crippen LogP contribution is -2.39. The highest BCUT2D eigenvalue weighted by molar-refractivity contribution is 5.96. The summed E-state index contributed by atoms with van der Waals surface area (Å²) in [6.45, 7) is 2.10. The fraction of sp³-hybridized carbons (Fsp3) is 0.583. The Morgan fingerprint density at radius 3 is 2.75 bits per heavy atom. The summed E-state index contributed by atoms with van der Waals surface area (Å²) in [7, 11) is 1.88. The maximum atomic E-state index is 12.0. The molecule has 2 rings (SSSR count). The zero-order valence-electron chi connectivity index (χ0n) is 9.59. The number of hydrogen-bond acceptors (Lipinski definition) is 3. The molecule has 0 spiro atoms. The first-order valence-electron chi connectivity index (χ1n) is 5.72. The van der Waals surface area contributed by atoms with Gasteiger partial charge in [-0.3, -0.25) is 9.69 Å². The van der Waals surface area contributed by atoms with Crippen molar-refractivity contribution in [2.24, 2.45) is 7.05 Å². The molecule has 0 saturated carbocycles. The number of hydrogen-bond donors (Lipinski definition) is 1. The Labute approximate surface area is 95.5 Å². The Morgan fingerprint density at radius 2 is 2.19 bits per heavy atom. The molecule has 0 aromatic carbocycles. The van der Waals surface area contributed by atoms with E-state index in [1.807, 2.05) is 29.9 Å². The van der Waals surface area contributed by atoms with Crippen LogP contribution in [0.25, 0.3) is 0 Å². The van der Waals surface area contributed by atoms with Gasteiger partial charge in [0.25, 0.3) is 0 Å². The number of aliphatic hydroxyl groups excluding tert-OH is 1. The number of aromatic nitrogens is 1. The average molecular weight is 222 g/mol. The van der Waals surface area contributed by atoms with Crippen LogP contribution in [0.5, 0.6) is 0 Å². The Hall–Kier alpha value is -1.13. The quantitative estimate of drug-likeness (QED) is 0.764. The molecule has 1 aromatic heterocycles. The van der Waals surface area contributed by atoms with Crippen LogP contribution in [0.15, 0.2) is 18.3 Å². The minimum absolute atomic E-state index is 0.156. The summed E-state index contributed by atoms with van der Waals surface area (Å²) >= 11 is 0. The average Bonchev–Trinajstić information content (AvgIpc) is 2.68. The van der Waals surface area contributed by atoms with Gasteiger partial charge in [0.15, 0.2) is 5.78 Å². The number of rotatable bonds is 3. The SMILES string of the molecule is Cn1cccc1C(=O)CN1CCC(O)CC1. The first-order chi connectivity index (χ1) is 7.66. The molecule has 4 heteroatoms. The lowest BCUT2D eigenvalue weighted by Gasteiger charge is -2.28. The third kappa shape index (κ3) is 2.51. The summed E-state index contributed by atoms with van der Waals surface area (Å²) in [4.78, 5) is 14.1. The second-order valence-corrected chi connectivity index (χ2v) is 4.43. The van der Waals surface area contributed by atoms with Crippen LogP contribution >= 0.6 is 0 Å². The van der Waals surface area contributed by atoms with Gasteiger partial charge in [-0.2, -0.15) is 0 Å². The van der Waals surface area contributed by atoms with E-state index in [4.69, 9.17) is 0 Å². The van der Waals surface area contributed by atoms with E-state index < -0.39 is 0 Å². The van der Waals surface area contributed by atoms with Crippen molar-refractivity contribution in [1.29, 1.82) is 0 Å². The van der Waals surface area contributed by atoms with E-state index in [1.165, 1.54) is 0 Å². The maximum absolute atomic E-state index is 12.0. The summed E-state index contributed by atoms with van der Waals surface area (Å²) in [5.74, 6) is 0.156. The van der Waals surface area contributed by atoms with Crippen LogP contribution < -0.4 is 0 Å². The molecule has 0 radical (unpaired) electrons. The highest BCUT2D eigenvalue weighted by Gasteiger charge is 2.20. The largest absolute Gasteiger partial charge is 0.393 e. The standard InChI is InChI=1S/C12H18N2O2/c1-13-6-2-3-11(13)12(16)9-14-7-4-10(15)5-8-14/h2-3,6,10,15H,4-5,7-9H2,1H3. The van der Waals surface area contributed by atoms with E-state index in [0.29, 0.717) is 6.54 Å². The fourth-order valence-electron chi connectivity index (χ4n) is 2.11. The molecule has 1 aromatic rings. The maximum Gasteiger partial charge on any atom is 0.193 e. The van der Waals surface area contributed by atoms with Crippen molar-refractivity contribution in [3.63, 3.8) is 0 Å². The fourth-order valence-corrected chi connectivity index (χ4v) is 2.11. The van der Waals surface area contributed by atoms with Crippen molar-refractivity contribution in [3.05, 3.63) is 24.0 Å². The van der Waals surface area contributed by atoms with Gasteiger partial charge in [-0.25, -0.2) is 0 Å². The molecule has 2 heterocycles. The number of carbonyl (C=O) groups excluding carboxylic acids is 1. The van der Waals surface area contributed by atoms with Crippen molar-refractivity contribution in [1.82, 2.24) is 9.47 Å². The number of carbonyl (C=O) groups is 1. The lowest BCUT2D eigenvalue weighted by molar-refractivity contribution is 0.0706. The normalized spacial score (nSPS) is 18.9. The van der Waals surface area contributed by atoms with E-state index in [9.17, 15) is 9.90 Å². The second kappa shape index (κ2) is 4.80. The Kier molecular flexibility index (Phi) is 3.41. The van der Waals surface area contributed by atoms with Gasteiger partial charge in [0, 0.05) is 26.3 Å². The zero-order chi connectivity index (χ0) is 11.5. The topological polar surface area (TPSA) is 45.5 Å². The lowest BCUT2D eigenvalue weighted by atomic mass is 10.1. The third-order valence-corrected chi connectivity index (χ3v) is 3.15. The van der Waals surface area contributed by atoms with Crippen LogP contribution in [0.1, 0.15) is 23.3 Å². The van der Waals surface area contributed by atoms with Crippen LogP contribution in [0.4, 0.5) is 0 Å². The molecule has 0 amide bonds. The van der Waals surface area contributed by atoms with Crippen molar-refractivity contribution in [2.75, 3.05) is 19.6 Å². The summed E-state index contributed by atoms with van der Waals surface area (Å²) in [5.41, 5.74) is 0.756. The van der Waals surface area contributed by atoms with Gasteiger partial charge < -0.3 is 9.67 Å². The Bertz CT molecular complexity index is 365. The molecule has 1 aliphatic heterocycles. The molecule has 16 heavy (non-hydrogen) atoms. The van der Waals surface area contributed by atoms with Crippen LogP contribution in [-0.2, 0) is 7.05 Å². The summed E-state index contributed by atoms with van der Waals surface area (Å²) in [6, 6.07) is 3.73. The molecule has 0 aliphatic carbocycles. The molecular weight excluding hydrogens is 204 g/mol. The molecule has 0 bridgehead atoms. The number of Topliss-reactive ketones (excluding diaryl/α,β-unsaturated/α-hetero) is 1. The Balaban J connectivity index is 1.91. The minimum Gasteiger partial charge on any atom is -0.393 e. The summed E-state index contributed by atoms with van der Waals surface area (Å²) in [6.07, 6.45) is 3.26. The van der Waals surface area contributed by atoms with E-state index >= 15 is 0 Å². The number of aryl methyl sites for hydroxylation is 1. The highest BCUT2D eigenvalue weighted by atomic mass is 16.3. The molecule has 1 saturated heterocycles. The minimum atomic E-state index is -0.179. The van der Waals surface area contributed by atoms with Crippen molar-refractivity contribution < 1.29 is 9.90 Å². The van der Waals surface area contributed by atoms with E-state index in [-0.39, 0.29) is 11.9 Å².